The van der Waals surface area contributed by atoms with Gasteiger partial charge < -0.3 is 20.1 Å². The molecule has 0 saturated heterocycles. The lowest BCUT2D eigenvalue weighted by Gasteiger charge is -2.17. The number of aliphatic hydroxyl groups is 3. The summed E-state index contributed by atoms with van der Waals surface area (Å²) < 4.78 is 4.81. The summed E-state index contributed by atoms with van der Waals surface area (Å²) in [5.74, 6) is -3.15. The summed E-state index contributed by atoms with van der Waals surface area (Å²) >= 11 is 0. The molecule has 0 aromatic heterocycles. The van der Waals surface area contributed by atoms with Crippen molar-refractivity contribution in [2.45, 2.75) is 18.6 Å². The molecule has 17 heavy (non-hydrogen) atoms. The number of benzene rings is 1. The van der Waals surface area contributed by atoms with Gasteiger partial charge in [-0.15, -0.1) is 0 Å². The zero-order chi connectivity index (χ0) is 12.7. The molecule has 0 fully saturated rings. The van der Waals surface area contributed by atoms with Crippen molar-refractivity contribution in [3.8, 4) is 0 Å². The quantitative estimate of drug-likeness (QED) is 0.475. The molecule has 0 heterocycles. The zero-order valence-electron chi connectivity index (χ0n) is 9.37. The maximum absolute atomic E-state index is 11.2. The molecule has 3 N–H and O–H groups in total. The lowest BCUT2D eigenvalue weighted by Crippen LogP contribution is -2.36. The van der Waals surface area contributed by atoms with Crippen LogP contribution in [-0.4, -0.2) is 40.3 Å². The Kier molecular flexibility index (Phi) is 5.09. The first kappa shape index (κ1) is 13.6. The first-order valence-electron chi connectivity index (χ1n) is 5.29. The largest absolute Gasteiger partial charge is 0.465 e. The van der Waals surface area contributed by atoms with Crippen LogP contribution in [0.25, 0.3) is 0 Å². The minimum absolute atomic E-state index is 0.171. The van der Waals surface area contributed by atoms with E-state index in [9.17, 15) is 4.79 Å². The third-order valence-corrected chi connectivity index (χ3v) is 2.18. The molecule has 1 aromatic rings. The SMILES string of the molecule is O=C(CC(O)(O)CO)OCCc1ccccc1. The molecule has 0 bridgehead atoms. The van der Waals surface area contributed by atoms with E-state index in [2.05, 4.69) is 0 Å². The van der Waals surface area contributed by atoms with Crippen LogP contribution in [0.15, 0.2) is 30.3 Å². The maximum atomic E-state index is 11.2. The number of esters is 1. The van der Waals surface area contributed by atoms with E-state index in [1.165, 1.54) is 0 Å². The van der Waals surface area contributed by atoms with Crippen molar-refractivity contribution in [3.05, 3.63) is 35.9 Å². The lowest BCUT2D eigenvalue weighted by molar-refractivity contribution is -0.201. The molecule has 0 aliphatic heterocycles. The Bertz CT molecular complexity index is 347. The van der Waals surface area contributed by atoms with E-state index in [1.54, 1.807) is 0 Å². The minimum Gasteiger partial charge on any atom is -0.465 e. The van der Waals surface area contributed by atoms with Crippen molar-refractivity contribution < 1.29 is 24.9 Å². The van der Waals surface area contributed by atoms with E-state index in [0.717, 1.165) is 5.56 Å². The highest BCUT2D eigenvalue weighted by Gasteiger charge is 2.26. The zero-order valence-corrected chi connectivity index (χ0v) is 9.37. The predicted octanol–water partition coefficient (Wildman–Crippen LogP) is -0.164. The molecule has 0 unspecified atom stereocenters. The monoisotopic (exact) mass is 240 g/mol. The number of carbonyl (C=O) groups is 1. The number of hydrogen-bond donors (Lipinski definition) is 3. The van der Waals surface area contributed by atoms with Crippen molar-refractivity contribution in [1.82, 2.24) is 0 Å². The number of ether oxygens (including phenoxy) is 1. The third-order valence-electron chi connectivity index (χ3n) is 2.18. The van der Waals surface area contributed by atoms with Gasteiger partial charge in [0.2, 0.25) is 0 Å². The normalized spacial score (nSPS) is 11.2. The van der Waals surface area contributed by atoms with Crippen LogP contribution in [0.1, 0.15) is 12.0 Å². The molecule has 94 valence electrons. The predicted molar refractivity (Wildman–Crippen MR) is 60.0 cm³/mol. The van der Waals surface area contributed by atoms with Crippen LogP contribution in [0.2, 0.25) is 0 Å². The molecule has 0 amide bonds. The molecule has 0 radical (unpaired) electrons. The second-order valence-corrected chi connectivity index (χ2v) is 3.77. The highest BCUT2D eigenvalue weighted by molar-refractivity contribution is 5.70. The number of hydrogen-bond acceptors (Lipinski definition) is 5. The molecule has 1 aromatic carbocycles. The van der Waals surface area contributed by atoms with Crippen LogP contribution in [-0.2, 0) is 16.0 Å². The average Bonchev–Trinajstić information content (AvgIpc) is 2.30. The highest BCUT2D eigenvalue weighted by atomic mass is 16.5. The second kappa shape index (κ2) is 6.34. The second-order valence-electron chi connectivity index (χ2n) is 3.77. The Balaban J connectivity index is 2.25. The number of rotatable bonds is 6. The Morgan fingerprint density at radius 3 is 2.47 bits per heavy atom. The van der Waals surface area contributed by atoms with Crippen LogP contribution in [0, 0.1) is 0 Å². The van der Waals surface area contributed by atoms with Gasteiger partial charge in [-0.25, -0.2) is 0 Å². The van der Waals surface area contributed by atoms with Crippen LogP contribution in [0.5, 0.6) is 0 Å². The average molecular weight is 240 g/mol. The molecule has 5 heteroatoms. The highest BCUT2D eigenvalue weighted by Crippen LogP contribution is 2.06. The van der Waals surface area contributed by atoms with Crippen molar-refractivity contribution in [3.63, 3.8) is 0 Å². The van der Waals surface area contributed by atoms with E-state index in [-0.39, 0.29) is 6.61 Å². The maximum Gasteiger partial charge on any atom is 0.311 e. The summed E-state index contributed by atoms with van der Waals surface area (Å²) in [7, 11) is 0. The fourth-order valence-corrected chi connectivity index (χ4v) is 1.27. The molecule has 0 saturated carbocycles. The van der Waals surface area contributed by atoms with Gasteiger partial charge >= 0.3 is 5.97 Å². The number of carbonyl (C=O) groups excluding carboxylic acids is 1. The van der Waals surface area contributed by atoms with Gasteiger partial charge in [0.1, 0.15) is 6.42 Å². The standard InChI is InChI=1S/C12H16O5/c13-9-12(15,16)8-11(14)17-7-6-10-4-2-1-3-5-10/h1-5,13,15-16H,6-9H2. The summed E-state index contributed by atoms with van der Waals surface area (Å²) in [4.78, 5) is 11.2. The Morgan fingerprint density at radius 1 is 1.24 bits per heavy atom. The topological polar surface area (TPSA) is 87.0 Å². The summed E-state index contributed by atoms with van der Waals surface area (Å²) in [5.41, 5.74) is 1.03. The van der Waals surface area contributed by atoms with Gasteiger partial charge in [-0.1, -0.05) is 30.3 Å². The summed E-state index contributed by atoms with van der Waals surface area (Å²) in [6, 6.07) is 9.47. The van der Waals surface area contributed by atoms with Crippen molar-refractivity contribution in [1.29, 1.82) is 0 Å². The van der Waals surface area contributed by atoms with Gasteiger partial charge in [0, 0.05) is 6.42 Å². The Morgan fingerprint density at radius 2 is 1.88 bits per heavy atom. The van der Waals surface area contributed by atoms with E-state index in [4.69, 9.17) is 20.1 Å². The summed E-state index contributed by atoms with van der Waals surface area (Å²) in [6.07, 6.45) is -0.0755. The molecular weight excluding hydrogens is 224 g/mol. The van der Waals surface area contributed by atoms with E-state index in [1.807, 2.05) is 30.3 Å². The van der Waals surface area contributed by atoms with Crippen LogP contribution < -0.4 is 0 Å². The van der Waals surface area contributed by atoms with Gasteiger partial charge in [-0.2, -0.15) is 0 Å². The van der Waals surface area contributed by atoms with Crippen molar-refractivity contribution in [2.24, 2.45) is 0 Å². The van der Waals surface area contributed by atoms with E-state index < -0.39 is 24.8 Å². The van der Waals surface area contributed by atoms with Crippen LogP contribution in [0.4, 0.5) is 0 Å². The van der Waals surface area contributed by atoms with Crippen molar-refractivity contribution >= 4 is 5.97 Å². The smallest absolute Gasteiger partial charge is 0.311 e. The summed E-state index contributed by atoms with van der Waals surface area (Å²) in [5, 5.41) is 26.6. The third kappa shape index (κ3) is 5.44. The van der Waals surface area contributed by atoms with Gasteiger partial charge in [-0.05, 0) is 5.56 Å². The van der Waals surface area contributed by atoms with E-state index in [0.29, 0.717) is 6.42 Å². The van der Waals surface area contributed by atoms with Gasteiger partial charge in [0.15, 0.2) is 5.79 Å². The molecule has 1 rings (SSSR count). The van der Waals surface area contributed by atoms with Gasteiger partial charge in [0.05, 0.1) is 13.2 Å². The van der Waals surface area contributed by atoms with Crippen LogP contribution in [0.3, 0.4) is 0 Å². The summed E-state index contributed by atoms with van der Waals surface area (Å²) in [6.45, 7) is -0.731. The fraction of sp³-hybridized carbons (Fsp3) is 0.417. The molecular formula is C12H16O5. The Hall–Kier alpha value is -1.43. The van der Waals surface area contributed by atoms with E-state index >= 15 is 0 Å². The first-order valence-corrected chi connectivity index (χ1v) is 5.29. The van der Waals surface area contributed by atoms with Crippen LogP contribution >= 0.6 is 0 Å². The molecule has 5 nitrogen and oxygen atoms in total. The molecule has 0 aliphatic carbocycles. The Labute approximate surface area is 99.3 Å². The number of aliphatic hydroxyl groups excluding tert-OH is 1. The van der Waals surface area contributed by atoms with Gasteiger partial charge in [0.25, 0.3) is 0 Å². The molecule has 0 aliphatic rings. The fourth-order valence-electron chi connectivity index (χ4n) is 1.27. The van der Waals surface area contributed by atoms with Crippen molar-refractivity contribution in [2.75, 3.05) is 13.2 Å². The molecule has 0 spiro atoms. The lowest BCUT2D eigenvalue weighted by atomic mass is 10.2. The van der Waals surface area contributed by atoms with Gasteiger partial charge in [-0.3, -0.25) is 4.79 Å². The molecule has 0 atom stereocenters. The minimum atomic E-state index is -2.40. The first-order chi connectivity index (χ1) is 8.03.